The summed E-state index contributed by atoms with van der Waals surface area (Å²) in [4.78, 5) is 26.7. The van der Waals surface area contributed by atoms with Crippen LogP contribution >= 0.6 is 22.6 Å². The molecule has 0 unspecified atom stereocenters. The zero-order valence-corrected chi connectivity index (χ0v) is 22.5. The van der Waals surface area contributed by atoms with Gasteiger partial charge in [-0.05, 0) is 66.6 Å². The lowest BCUT2D eigenvalue weighted by atomic mass is 9.80. The van der Waals surface area contributed by atoms with E-state index in [1.807, 2.05) is 49.4 Å². The molecule has 5 rings (SSSR count). The highest BCUT2D eigenvalue weighted by Crippen LogP contribution is 2.47. The summed E-state index contributed by atoms with van der Waals surface area (Å²) in [5.41, 5.74) is 7.14. The maximum Gasteiger partial charge on any atom is 0.336 e. The predicted octanol–water partition coefficient (Wildman–Crippen LogP) is 6.31. The maximum atomic E-state index is 13.6. The van der Waals surface area contributed by atoms with Crippen LogP contribution in [-0.4, -0.2) is 18.4 Å². The van der Waals surface area contributed by atoms with Gasteiger partial charge in [-0.1, -0.05) is 60.2 Å². The Hall–Kier alpha value is -3.39. The number of esters is 1. The normalized spacial score (nSPS) is 16.4. The second-order valence-corrected chi connectivity index (χ2v) is 10.1. The van der Waals surface area contributed by atoms with Crippen molar-refractivity contribution in [1.82, 2.24) is 5.32 Å². The van der Waals surface area contributed by atoms with E-state index in [1.165, 1.54) is 5.56 Å². The first-order valence-electron chi connectivity index (χ1n) is 11.9. The van der Waals surface area contributed by atoms with E-state index in [-0.39, 0.29) is 12.4 Å². The Morgan fingerprint density at radius 3 is 2.42 bits per heavy atom. The fourth-order valence-electron chi connectivity index (χ4n) is 4.80. The minimum atomic E-state index is -0.542. The van der Waals surface area contributed by atoms with Crippen LogP contribution < -0.4 is 10.1 Å². The van der Waals surface area contributed by atoms with Gasteiger partial charge in [0, 0.05) is 28.3 Å². The fraction of sp³-hybridized carbons (Fsp3) is 0.200. The van der Waals surface area contributed by atoms with Crippen LogP contribution in [0.1, 0.15) is 52.4 Å². The number of allylic oxidation sites excluding steroid dienone is 2. The molecule has 6 heteroatoms. The number of ketones is 1. The third-order valence-electron chi connectivity index (χ3n) is 6.55. The van der Waals surface area contributed by atoms with E-state index in [2.05, 4.69) is 59.1 Å². The largest absolute Gasteiger partial charge is 0.488 e. The van der Waals surface area contributed by atoms with Crippen LogP contribution in [0.3, 0.4) is 0 Å². The van der Waals surface area contributed by atoms with Gasteiger partial charge in [-0.2, -0.15) is 0 Å². The van der Waals surface area contributed by atoms with Crippen molar-refractivity contribution in [1.29, 1.82) is 0 Å². The molecule has 1 atom stereocenters. The summed E-state index contributed by atoms with van der Waals surface area (Å²) in [6.45, 7) is 6.41. The lowest BCUT2D eigenvalue weighted by Crippen LogP contribution is -2.29. The van der Waals surface area contributed by atoms with E-state index < -0.39 is 11.9 Å². The number of Topliss-reactive ketones (excluding diaryl/α,β-unsaturated/α-hetero) is 1. The minimum Gasteiger partial charge on any atom is -0.488 e. The number of hydrogen-bond donors (Lipinski definition) is 1. The molecule has 1 heterocycles. The van der Waals surface area contributed by atoms with Gasteiger partial charge in [-0.25, -0.2) is 4.79 Å². The number of carbonyl (C=O) groups excluding carboxylic acids is 2. The molecule has 0 spiro atoms. The molecule has 0 aromatic heterocycles. The molecule has 0 radical (unpaired) electrons. The maximum absolute atomic E-state index is 13.6. The number of ether oxygens (including phenoxy) is 2. The first-order chi connectivity index (χ1) is 17.4. The van der Waals surface area contributed by atoms with Gasteiger partial charge in [-0.15, -0.1) is 0 Å². The zero-order valence-electron chi connectivity index (χ0n) is 20.4. The minimum absolute atomic E-state index is 0.0675. The van der Waals surface area contributed by atoms with Crippen LogP contribution in [0, 0.1) is 10.5 Å². The Labute approximate surface area is 224 Å². The lowest BCUT2D eigenvalue weighted by Gasteiger charge is -2.29. The lowest BCUT2D eigenvalue weighted by molar-refractivity contribution is -0.138. The van der Waals surface area contributed by atoms with Gasteiger partial charge in [0.05, 0.1) is 21.4 Å². The smallest absolute Gasteiger partial charge is 0.336 e. The molecular formula is C30H26INO4. The number of aryl methyl sites for hydroxylation is 1. The van der Waals surface area contributed by atoms with E-state index in [0.29, 0.717) is 29.0 Å². The van der Waals surface area contributed by atoms with Crippen molar-refractivity contribution in [2.45, 2.75) is 33.3 Å². The second-order valence-electron chi connectivity index (χ2n) is 8.94. The first kappa shape index (κ1) is 24.3. The molecule has 0 saturated carbocycles. The van der Waals surface area contributed by atoms with Gasteiger partial charge in [0.25, 0.3) is 0 Å². The fourth-order valence-corrected chi connectivity index (χ4v) is 5.50. The number of hydrogen-bond acceptors (Lipinski definition) is 5. The number of halogens is 1. The van der Waals surface area contributed by atoms with Crippen molar-refractivity contribution in [3.05, 3.63) is 115 Å². The molecule has 1 N–H and O–H groups in total. The summed E-state index contributed by atoms with van der Waals surface area (Å²) >= 11 is 2.25. The van der Waals surface area contributed by atoms with E-state index in [0.717, 1.165) is 31.7 Å². The predicted molar refractivity (Wildman–Crippen MR) is 148 cm³/mol. The molecule has 182 valence electrons. The third-order valence-corrected chi connectivity index (χ3v) is 7.39. The van der Waals surface area contributed by atoms with E-state index in [4.69, 9.17) is 9.47 Å². The molecule has 36 heavy (non-hydrogen) atoms. The zero-order chi connectivity index (χ0) is 25.4. The van der Waals surface area contributed by atoms with E-state index >= 15 is 0 Å². The van der Waals surface area contributed by atoms with Crippen LogP contribution in [0.5, 0.6) is 5.75 Å². The summed E-state index contributed by atoms with van der Waals surface area (Å²) in [7, 11) is 0. The van der Waals surface area contributed by atoms with Gasteiger partial charge in [0.2, 0.25) is 0 Å². The van der Waals surface area contributed by atoms with Crippen molar-refractivity contribution in [3.8, 4) is 5.75 Å². The quantitative estimate of drug-likeness (QED) is 0.269. The number of fused-ring (bicyclic) bond motifs is 2. The number of carbonyl (C=O) groups is 2. The topological polar surface area (TPSA) is 64.6 Å². The van der Waals surface area contributed by atoms with Gasteiger partial charge in [0.1, 0.15) is 12.4 Å². The van der Waals surface area contributed by atoms with Crippen molar-refractivity contribution >= 4 is 40.0 Å². The molecule has 5 nitrogen and oxygen atoms in total. The summed E-state index contributed by atoms with van der Waals surface area (Å²) in [5.74, 6) is -0.276. The number of benzene rings is 3. The Balaban J connectivity index is 1.53. The molecule has 0 saturated heterocycles. The first-order valence-corrected chi connectivity index (χ1v) is 13.0. The monoisotopic (exact) mass is 591 g/mol. The highest BCUT2D eigenvalue weighted by Gasteiger charge is 2.43. The molecule has 1 aliphatic heterocycles. The standard InChI is InChI=1S/C30H26INO4/c1-4-35-30(34)25-18(3)32-28-21-7-5-6-8-22(21)29(33)27(28)26(25)20-13-14-24(23(31)15-20)36-16-19-11-9-17(2)10-12-19/h5-15,26,32H,4,16H2,1-3H3/t26-/m1/s1. The molecular weight excluding hydrogens is 565 g/mol. The number of nitrogens with one attached hydrogen (secondary N) is 1. The average Bonchev–Trinajstić information content (AvgIpc) is 3.15. The molecule has 0 fully saturated rings. The third kappa shape index (κ3) is 4.34. The summed E-state index contributed by atoms with van der Waals surface area (Å²) in [6.07, 6.45) is 0. The van der Waals surface area contributed by atoms with Crippen LogP contribution in [-0.2, 0) is 16.1 Å². The van der Waals surface area contributed by atoms with Crippen LogP contribution in [0.15, 0.2) is 83.6 Å². The number of dihydropyridines is 1. The van der Waals surface area contributed by atoms with E-state index in [9.17, 15) is 9.59 Å². The summed E-state index contributed by atoms with van der Waals surface area (Å²) < 4.78 is 12.4. The molecule has 3 aromatic carbocycles. The Morgan fingerprint density at radius 1 is 1.00 bits per heavy atom. The van der Waals surface area contributed by atoms with Gasteiger partial charge < -0.3 is 14.8 Å². The van der Waals surface area contributed by atoms with Crippen LogP contribution in [0.4, 0.5) is 0 Å². The highest BCUT2D eigenvalue weighted by atomic mass is 127. The van der Waals surface area contributed by atoms with Crippen molar-refractivity contribution in [2.24, 2.45) is 0 Å². The molecule has 0 bridgehead atoms. The van der Waals surface area contributed by atoms with Gasteiger partial charge in [0.15, 0.2) is 5.78 Å². The van der Waals surface area contributed by atoms with Gasteiger partial charge >= 0.3 is 5.97 Å². The summed E-state index contributed by atoms with van der Waals surface area (Å²) in [6, 6.07) is 21.7. The molecule has 0 amide bonds. The highest BCUT2D eigenvalue weighted by molar-refractivity contribution is 14.1. The number of rotatable bonds is 6. The average molecular weight is 591 g/mol. The molecule has 2 aliphatic rings. The van der Waals surface area contributed by atoms with Crippen LogP contribution in [0.2, 0.25) is 0 Å². The SMILES string of the molecule is CCOC(=O)C1=C(C)NC2=C(C(=O)c3ccccc32)[C@@H]1c1ccc(OCc2ccc(C)cc2)c(I)c1. The second kappa shape index (κ2) is 9.93. The Kier molecular flexibility index (Phi) is 6.71. The van der Waals surface area contributed by atoms with Crippen molar-refractivity contribution in [2.75, 3.05) is 6.61 Å². The van der Waals surface area contributed by atoms with Crippen molar-refractivity contribution < 1.29 is 19.1 Å². The van der Waals surface area contributed by atoms with E-state index in [1.54, 1.807) is 6.92 Å². The van der Waals surface area contributed by atoms with Crippen molar-refractivity contribution in [3.63, 3.8) is 0 Å². The Bertz CT molecular complexity index is 1440. The van der Waals surface area contributed by atoms with Crippen LogP contribution in [0.25, 0.3) is 5.70 Å². The summed E-state index contributed by atoms with van der Waals surface area (Å²) in [5, 5.41) is 3.33. The van der Waals surface area contributed by atoms with Gasteiger partial charge in [-0.3, -0.25) is 4.79 Å². The Morgan fingerprint density at radius 2 is 1.72 bits per heavy atom. The molecule has 1 aliphatic carbocycles. The molecule has 3 aromatic rings.